The summed E-state index contributed by atoms with van der Waals surface area (Å²) in [4.78, 5) is 0. The number of aryl methyl sites for hydroxylation is 1. The molecule has 2 aromatic carbocycles. The second kappa shape index (κ2) is 9.29. The third kappa shape index (κ3) is 5.93. The van der Waals surface area contributed by atoms with Crippen LogP contribution in [0, 0.1) is 6.92 Å². The molecule has 0 atom stereocenters. The molecule has 4 heteroatoms. The number of hydrogen-bond acceptors (Lipinski definition) is 3. The molecule has 0 radical (unpaired) electrons. The molecule has 0 saturated carbocycles. The molecule has 0 aliphatic carbocycles. The first kappa shape index (κ1) is 20.6. The Labute approximate surface area is 162 Å². The lowest BCUT2D eigenvalue weighted by Gasteiger charge is -2.25. The first-order valence-electron chi connectivity index (χ1n) is 9.23. The second-order valence-electron chi connectivity index (χ2n) is 7.19. The summed E-state index contributed by atoms with van der Waals surface area (Å²) in [6.07, 6.45) is 1.04. The van der Waals surface area contributed by atoms with Gasteiger partial charge in [0.05, 0.1) is 6.61 Å². The van der Waals surface area contributed by atoms with E-state index in [0.29, 0.717) is 30.5 Å². The fourth-order valence-electron chi connectivity index (χ4n) is 2.40. The Hall–Kier alpha value is -1.71. The lowest BCUT2D eigenvalue weighted by Crippen LogP contribution is -2.37. The van der Waals surface area contributed by atoms with Crippen LogP contribution >= 0.6 is 11.6 Å². The standard InChI is InChI=1S/C22H30ClNO2/c1-6-22(4,5)24-14-18-12-20(25-7-2)21(13-19(18)23)26-15-17-10-8-16(3)9-11-17/h8-13,24H,6-7,14-15H2,1-5H3. The van der Waals surface area contributed by atoms with Crippen molar-refractivity contribution in [3.8, 4) is 11.5 Å². The van der Waals surface area contributed by atoms with Crippen LogP contribution < -0.4 is 14.8 Å². The van der Waals surface area contributed by atoms with Crippen molar-refractivity contribution in [1.82, 2.24) is 5.32 Å². The molecule has 3 nitrogen and oxygen atoms in total. The van der Waals surface area contributed by atoms with Gasteiger partial charge in [-0.1, -0.05) is 48.4 Å². The van der Waals surface area contributed by atoms with Gasteiger partial charge >= 0.3 is 0 Å². The Kier molecular flexibility index (Phi) is 7.36. The van der Waals surface area contributed by atoms with Crippen molar-refractivity contribution in [2.75, 3.05) is 6.61 Å². The minimum Gasteiger partial charge on any atom is -0.490 e. The van der Waals surface area contributed by atoms with Crippen LogP contribution in [0.5, 0.6) is 11.5 Å². The van der Waals surface area contributed by atoms with E-state index < -0.39 is 0 Å². The molecule has 26 heavy (non-hydrogen) atoms. The van der Waals surface area contributed by atoms with E-state index in [1.165, 1.54) is 5.56 Å². The Morgan fingerprint density at radius 3 is 2.27 bits per heavy atom. The van der Waals surface area contributed by atoms with Crippen molar-refractivity contribution in [3.05, 3.63) is 58.1 Å². The molecule has 142 valence electrons. The zero-order chi connectivity index (χ0) is 19.2. The minimum atomic E-state index is 0.0652. The summed E-state index contributed by atoms with van der Waals surface area (Å²) < 4.78 is 11.8. The van der Waals surface area contributed by atoms with Crippen LogP contribution in [0.1, 0.15) is 50.8 Å². The van der Waals surface area contributed by atoms with E-state index in [-0.39, 0.29) is 5.54 Å². The highest BCUT2D eigenvalue weighted by atomic mass is 35.5. The van der Waals surface area contributed by atoms with Crippen LogP contribution in [0.4, 0.5) is 0 Å². The number of halogens is 1. The summed E-state index contributed by atoms with van der Waals surface area (Å²) in [6, 6.07) is 12.1. The molecule has 0 aromatic heterocycles. The number of benzene rings is 2. The first-order chi connectivity index (χ1) is 12.3. The summed E-state index contributed by atoms with van der Waals surface area (Å²) in [5.41, 5.74) is 3.43. The number of ether oxygens (including phenoxy) is 2. The zero-order valence-corrected chi connectivity index (χ0v) is 17.2. The smallest absolute Gasteiger partial charge is 0.163 e. The van der Waals surface area contributed by atoms with Gasteiger partial charge in [0.2, 0.25) is 0 Å². The predicted octanol–water partition coefficient (Wildman–Crippen LogP) is 5.90. The van der Waals surface area contributed by atoms with E-state index in [1.54, 1.807) is 0 Å². The average Bonchev–Trinajstić information content (AvgIpc) is 2.62. The van der Waals surface area contributed by atoms with Gasteiger partial charge in [-0.15, -0.1) is 0 Å². The topological polar surface area (TPSA) is 30.5 Å². The van der Waals surface area contributed by atoms with Gasteiger partial charge in [-0.05, 0) is 51.3 Å². The van der Waals surface area contributed by atoms with E-state index >= 15 is 0 Å². The maximum Gasteiger partial charge on any atom is 0.163 e. The van der Waals surface area contributed by atoms with Gasteiger partial charge in [-0.25, -0.2) is 0 Å². The lowest BCUT2D eigenvalue weighted by atomic mass is 10.0. The third-order valence-corrected chi connectivity index (χ3v) is 4.92. The van der Waals surface area contributed by atoms with Crippen molar-refractivity contribution in [2.24, 2.45) is 0 Å². The summed E-state index contributed by atoms with van der Waals surface area (Å²) >= 11 is 6.50. The van der Waals surface area contributed by atoms with Crippen LogP contribution in [0.25, 0.3) is 0 Å². The highest BCUT2D eigenvalue weighted by molar-refractivity contribution is 6.31. The van der Waals surface area contributed by atoms with Crippen LogP contribution in [0.15, 0.2) is 36.4 Å². The molecule has 0 unspecified atom stereocenters. The van der Waals surface area contributed by atoms with Crippen LogP contribution in [0.3, 0.4) is 0 Å². The van der Waals surface area contributed by atoms with Crippen LogP contribution in [-0.2, 0) is 13.2 Å². The summed E-state index contributed by atoms with van der Waals surface area (Å²) in [7, 11) is 0. The SMILES string of the molecule is CCOc1cc(CNC(C)(C)CC)c(Cl)cc1OCc1ccc(C)cc1. The summed E-state index contributed by atoms with van der Waals surface area (Å²) in [5, 5.41) is 4.22. The van der Waals surface area contributed by atoms with Crippen LogP contribution in [0.2, 0.25) is 5.02 Å². The monoisotopic (exact) mass is 375 g/mol. The quantitative estimate of drug-likeness (QED) is 0.591. The maximum atomic E-state index is 6.50. The molecule has 1 N–H and O–H groups in total. The molecule has 0 aliphatic rings. The maximum absolute atomic E-state index is 6.50. The molecule has 0 amide bonds. The van der Waals surface area contributed by atoms with Crippen molar-refractivity contribution < 1.29 is 9.47 Å². The molecule has 0 heterocycles. The molecule has 2 rings (SSSR count). The van der Waals surface area contributed by atoms with Crippen molar-refractivity contribution >= 4 is 11.6 Å². The average molecular weight is 376 g/mol. The van der Waals surface area contributed by atoms with Gasteiger partial charge in [0.1, 0.15) is 6.61 Å². The number of hydrogen-bond donors (Lipinski definition) is 1. The molecule has 0 saturated heterocycles. The van der Waals surface area contributed by atoms with E-state index in [0.717, 1.165) is 23.3 Å². The Balaban J connectivity index is 2.15. The number of rotatable bonds is 9. The second-order valence-corrected chi connectivity index (χ2v) is 7.60. The van der Waals surface area contributed by atoms with Gasteiger partial charge in [-0.3, -0.25) is 0 Å². The molecule has 2 aromatic rings. The van der Waals surface area contributed by atoms with E-state index in [9.17, 15) is 0 Å². The highest BCUT2D eigenvalue weighted by Crippen LogP contribution is 2.34. The Bertz CT molecular complexity index is 711. The fraction of sp³-hybridized carbons (Fsp3) is 0.455. The van der Waals surface area contributed by atoms with Crippen LogP contribution in [-0.4, -0.2) is 12.1 Å². The van der Waals surface area contributed by atoms with Crippen molar-refractivity contribution in [2.45, 2.75) is 59.7 Å². The fourth-order valence-corrected chi connectivity index (χ4v) is 2.62. The highest BCUT2D eigenvalue weighted by Gasteiger charge is 2.16. The van der Waals surface area contributed by atoms with E-state index in [1.807, 2.05) is 19.1 Å². The lowest BCUT2D eigenvalue weighted by molar-refractivity contribution is 0.269. The van der Waals surface area contributed by atoms with Gasteiger partial charge < -0.3 is 14.8 Å². The molecular formula is C22H30ClNO2. The summed E-state index contributed by atoms with van der Waals surface area (Å²) in [6.45, 7) is 12.3. The zero-order valence-electron chi connectivity index (χ0n) is 16.5. The predicted molar refractivity (Wildman–Crippen MR) is 109 cm³/mol. The molecule has 0 fully saturated rings. The van der Waals surface area contributed by atoms with Gasteiger partial charge in [0.15, 0.2) is 11.5 Å². The summed E-state index contributed by atoms with van der Waals surface area (Å²) in [5.74, 6) is 1.41. The normalized spacial score (nSPS) is 11.5. The molecule has 0 bridgehead atoms. The molecule has 0 spiro atoms. The van der Waals surface area contributed by atoms with Crippen molar-refractivity contribution in [1.29, 1.82) is 0 Å². The van der Waals surface area contributed by atoms with Gasteiger partial charge in [0, 0.05) is 23.2 Å². The Morgan fingerprint density at radius 2 is 1.65 bits per heavy atom. The Morgan fingerprint density at radius 1 is 1.00 bits per heavy atom. The largest absolute Gasteiger partial charge is 0.490 e. The van der Waals surface area contributed by atoms with Crippen molar-refractivity contribution in [3.63, 3.8) is 0 Å². The van der Waals surface area contributed by atoms with E-state index in [4.69, 9.17) is 21.1 Å². The van der Waals surface area contributed by atoms with Gasteiger partial charge in [0.25, 0.3) is 0 Å². The molecule has 0 aliphatic heterocycles. The third-order valence-electron chi connectivity index (χ3n) is 4.57. The minimum absolute atomic E-state index is 0.0652. The van der Waals surface area contributed by atoms with E-state index in [2.05, 4.69) is 57.3 Å². The first-order valence-corrected chi connectivity index (χ1v) is 9.61. The van der Waals surface area contributed by atoms with Gasteiger partial charge in [-0.2, -0.15) is 0 Å². The molecular weight excluding hydrogens is 346 g/mol. The number of nitrogens with one attached hydrogen (secondary N) is 1.